The van der Waals surface area contributed by atoms with Crippen molar-refractivity contribution in [2.24, 2.45) is 0 Å². The Morgan fingerprint density at radius 3 is 2.67 bits per heavy atom. The molecule has 0 aliphatic carbocycles. The molecule has 0 saturated heterocycles. The van der Waals surface area contributed by atoms with Crippen LogP contribution in [0.5, 0.6) is 0 Å². The fourth-order valence-corrected chi connectivity index (χ4v) is 4.57. The lowest BCUT2D eigenvalue weighted by atomic mass is 10.3. The van der Waals surface area contributed by atoms with Crippen molar-refractivity contribution >= 4 is 32.7 Å². The topological polar surface area (TPSA) is 64.0 Å². The summed E-state index contributed by atoms with van der Waals surface area (Å²) in [5.74, 6) is 0. The third kappa shape index (κ3) is 3.41. The van der Waals surface area contributed by atoms with Gasteiger partial charge in [0.2, 0.25) is 10.0 Å². The number of sulfonamides is 1. The highest BCUT2D eigenvalue weighted by Gasteiger charge is 2.14. The lowest BCUT2D eigenvalue weighted by Gasteiger charge is -2.04. The molecule has 3 rings (SSSR count). The Morgan fingerprint density at radius 2 is 1.95 bits per heavy atom. The fourth-order valence-electron chi connectivity index (χ4n) is 1.82. The third-order valence-corrected chi connectivity index (χ3v) is 6.56. The molecule has 8 heteroatoms. The maximum Gasteiger partial charge on any atom is 0.250 e. The van der Waals surface area contributed by atoms with Gasteiger partial charge in [0, 0.05) is 12.7 Å². The molecule has 3 aromatic rings. The van der Waals surface area contributed by atoms with Gasteiger partial charge in [0.1, 0.15) is 9.90 Å². The average molecular weight is 339 g/mol. The summed E-state index contributed by atoms with van der Waals surface area (Å²) < 4.78 is 28.5. The number of hydrogen-bond acceptors (Lipinski definition) is 5. The molecule has 0 saturated carbocycles. The van der Waals surface area contributed by atoms with Crippen LogP contribution < -0.4 is 4.72 Å². The van der Waals surface area contributed by atoms with E-state index in [1.807, 2.05) is 29.8 Å². The summed E-state index contributed by atoms with van der Waals surface area (Å²) in [4.78, 5) is 1.10. The van der Waals surface area contributed by atoms with Crippen LogP contribution in [0.3, 0.4) is 0 Å². The molecular weight excluding hydrogens is 326 g/mol. The average Bonchev–Trinajstić information content (AvgIpc) is 3.20. The number of rotatable bonds is 6. The standard InChI is InChI=1S/C13H13N3O2S3/c17-21(18,13-4-2-10-20-13)14-6-8-16-7-5-11(15-16)12-3-1-9-19-12/h1-5,7,9-10,14H,6,8H2. The normalized spacial score (nSPS) is 11.8. The summed E-state index contributed by atoms with van der Waals surface area (Å²) in [5.41, 5.74) is 0.908. The summed E-state index contributed by atoms with van der Waals surface area (Å²) in [5, 5.41) is 8.18. The molecule has 0 spiro atoms. The van der Waals surface area contributed by atoms with Crippen molar-refractivity contribution in [3.8, 4) is 10.6 Å². The predicted octanol–water partition coefficient (Wildman–Crippen LogP) is 2.65. The first-order valence-corrected chi connectivity index (χ1v) is 9.50. The zero-order valence-corrected chi connectivity index (χ0v) is 13.4. The van der Waals surface area contributed by atoms with Crippen molar-refractivity contribution in [1.29, 1.82) is 0 Å². The van der Waals surface area contributed by atoms with Gasteiger partial charge < -0.3 is 0 Å². The van der Waals surface area contributed by atoms with Crippen LogP contribution in [0.2, 0.25) is 0 Å². The zero-order chi connectivity index (χ0) is 14.7. The van der Waals surface area contributed by atoms with E-state index in [0.717, 1.165) is 10.6 Å². The van der Waals surface area contributed by atoms with Crippen molar-refractivity contribution in [2.45, 2.75) is 10.8 Å². The van der Waals surface area contributed by atoms with Gasteiger partial charge in [-0.15, -0.1) is 22.7 Å². The van der Waals surface area contributed by atoms with Gasteiger partial charge in [-0.25, -0.2) is 13.1 Å². The second-order valence-electron chi connectivity index (χ2n) is 4.27. The quantitative estimate of drug-likeness (QED) is 0.751. The van der Waals surface area contributed by atoms with Gasteiger partial charge in [0.05, 0.1) is 11.4 Å². The van der Waals surface area contributed by atoms with E-state index >= 15 is 0 Å². The van der Waals surface area contributed by atoms with E-state index in [1.165, 1.54) is 11.3 Å². The molecule has 0 amide bonds. The van der Waals surface area contributed by atoms with Gasteiger partial charge >= 0.3 is 0 Å². The first kappa shape index (κ1) is 14.5. The van der Waals surface area contributed by atoms with E-state index in [2.05, 4.69) is 9.82 Å². The van der Waals surface area contributed by atoms with E-state index in [-0.39, 0.29) is 0 Å². The number of hydrogen-bond donors (Lipinski definition) is 1. The van der Waals surface area contributed by atoms with Crippen LogP contribution in [0.4, 0.5) is 0 Å². The summed E-state index contributed by atoms with van der Waals surface area (Å²) in [6, 6.07) is 9.24. The summed E-state index contributed by atoms with van der Waals surface area (Å²) in [7, 11) is -3.39. The van der Waals surface area contributed by atoms with Crippen LogP contribution >= 0.6 is 22.7 Å². The van der Waals surface area contributed by atoms with Crippen molar-refractivity contribution in [1.82, 2.24) is 14.5 Å². The van der Waals surface area contributed by atoms with Gasteiger partial charge in [-0.1, -0.05) is 12.1 Å². The number of aromatic nitrogens is 2. The smallest absolute Gasteiger partial charge is 0.250 e. The fraction of sp³-hybridized carbons (Fsp3) is 0.154. The molecule has 0 bridgehead atoms. The summed E-state index contributed by atoms with van der Waals surface area (Å²) in [6.45, 7) is 0.807. The molecule has 5 nitrogen and oxygen atoms in total. The predicted molar refractivity (Wildman–Crippen MR) is 85.0 cm³/mol. The Morgan fingerprint density at radius 1 is 1.14 bits per heavy atom. The molecule has 0 radical (unpaired) electrons. The van der Waals surface area contributed by atoms with Crippen LogP contribution in [0.25, 0.3) is 10.6 Å². The lowest BCUT2D eigenvalue weighted by Crippen LogP contribution is -2.26. The molecule has 0 aromatic carbocycles. The molecular formula is C13H13N3O2S3. The maximum absolute atomic E-state index is 11.9. The van der Waals surface area contributed by atoms with Gasteiger partial charge in [-0.2, -0.15) is 5.10 Å². The van der Waals surface area contributed by atoms with Crippen molar-refractivity contribution in [2.75, 3.05) is 6.54 Å². The van der Waals surface area contributed by atoms with Crippen LogP contribution in [-0.2, 0) is 16.6 Å². The van der Waals surface area contributed by atoms with Crippen molar-refractivity contribution < 1.29 is 8.42 Å². The highest BCUT2D eigenvalue weighted by Crippen LogP contribution is 2.22. The summed E-state index contributed by atoms with van der Waals surface area (Å²) >= 11 is 2.84. The summed E-state index contributed by atoms with van der Waals surface area (Å²) in [6.07, 6.45) is 1.86. The van der Waals surface area contributed by atoms with E-state index in [4.69, 9.17) is 0 Å². The van der Waals surface area contributed by atoms with Crippen LogP contribution in [-0.4, -0.2) is 24.7 Å². The Hall–Kier alpha value is -1.48. The zero-order valence-electron chi connectivity index (χ0n) is 11.0. The minimum absolute atomic E-state index is 0.311. The molecule has 110 valence electrons. The maximum atomic E-state index is 11.9. The molecule has 21 heavy (non-hydrogen) atoms. The molecule has 0 fully saturated rings. The van der Waals surface area contributed by atoms with Gasteiger partial charge in [0.25, 0.3) is 0 Å². The molecule has 1 N–H and O–H groups in total. The Kier molecular flexibility index (Phi) is 4.20. The second-order valence-corrected chi connectivity index (χ2v) is 8.16. The van der Waals surface area contributed by atoms with E-state index in [1.54, 1.807) is 33.5 Å². The number of nitrogens with zero attached hydrogens (tertiary/aromatic N) is 2. The first-order valence-electron chi connectivity index (χ1n) is 6.26. The number of thiophene rings is 2. The van der Waals surface area contributed by atoms with Gasteiger partial charge in [0.15, 0.2) is 0 Å². The van der Waals surface area contributed by atoms with E-state index in [0.29, 0.717) is 17.3 Å². The van der Waals surface area contributed by atoms with Crippen LogP contribution in [0.1, 0.15) is 0 Å². The SMILES string of the molecule is O=S(=O)(NCCn1ccc(-c2cccs2)n1)c1cccs1. The van der Waals surface area contributed by atoms with E-state index < -0.39 is 10.0 Å². The molecule has 0 aliphatic heterocycles. The Labute approximate surface area is 130 Å². The van der Waals surface area contributed by atoms with Crippen molar-refractivity contribution in [3.63, 3.8) is 0 Å². The molecule has 0 atom stereocenters. The minimum Gasteiger partial charge on any atom is -0.271 e. The van der Waals surface area contributed by atoms with Crippen LogP contribution in [0, 0.1) is 0 Å². The van der Waals surface area contributed by atoms with Crippen molar-refractivity contribution in [3.05, 3.63) is 47.3 Å². The minimum atomic E-state index is -3.39. The Balaban J connectivity index is 1.59. The van der Waals surface area contributed by atoms with E-state index in [9.17, 15) is 8.42 Å². The largest absolute Gasteiger partial charge is 0.271 e. The Bertz CT molecular complexity index is 790. The highest BCUT2D eigenvalue weighted by atomic mass is 32.2. The lowest BCUT2D eigenvalue weighted by molar-refractivity contribution is 0.563. The molecule has 3 heterocycles. The highest BCUT2D eigenvalue weighted by molar-refractivity contribution is 7.91. The molecule has 0 aliphatic rings. The number of nitrogens with one attached hydrogen (secondary N) is 1. The van der Waals surface area contributed by atoms with Gasteiger partial charge in [-0.3, -0.25) is 4.68 Å². The van der Waals surface area contributed by atoms with Gasteiger partial charge in [-0.05, 0) is 29.0 Å². The molecule has 0 unspecified atom stereocenters. The van der Waals surface area contributed by atoms with Crippen LogP contribution in [0.15, 0.2) is 51.5 Å². The first-order chi connectivity index (χ1) is 10.1. The molecule has 3 aromatic heterocycles. The monoisotopic (exact) mass is 339 g/mol. The second kappa shape index (κ2) is 6.10. The third-order valence-electron chi connectivity index (χ3n) is 2.81.